The minimum Gasteiger partial charge on any atom is -0.327 e. The predicted octanol–water partition coefficient (Wildman–Crippen LogP) is 0.729. The fourth-order valence-corrected chi connectivity index (χ4v) is 2.01. The molecule has 0 fully saturated rings. The molecule has 0 rings (SSSR count). The number of nitrogens with one attached hydrogen (secondary N) is 1. The maximum Gasteiger partial charge on any atom is 0.265 e. The van der Waals surface area contributed by atoms with E-state index in [1.807, 2.05) is 0 Å². The molecule has 0 aliphatic carbocycles. The third-order valence-electron chi connectivity index (χ3n) is 2.54. The molecule has 0 heterocycles. The molecule has 0 amide bonds. The van der Waals surface area contributed by atoms with Gasteiger partial charge in [0.15, 0.2) is 0 Å². The van der Waals surface area contributed by atoms with Gasteiger partial charge >= 0.3 is 0 Å². The minimum absolute atomic E-state index is 0.106. The van der Waals surface area contributed by atoms with Gasteiger partial charge in [-0.15, -0.1) is 0 Å². The van der Waals surface area contributed by atoms with Crippen LogP contribution in [-0.4, -0.2) is 62.5 Å². The zero-order chi connectivity index (χ0) is 13.7. The summed E-state index contributed by atoms with van der Waals surface area (Å²) in [4.78, 5) is 0. The molecule has 0 aliphatic rings. The van der Waals surface area contributed by atoms with Crippen LogP contribution in [0, 0.1) is 0 Å². The van der Waals surface area contributed by atoms with Crippen molar-refractivity contribution in [3.05, 3.63) is 0 Å². The van der Waals surface area contributed by atoms with E-state index in [2.05, 4.69) is 40.2 Å². The molecule has 0 atom stereocenters. The quantitative estimate of drug-likeness (QED) is 0.527. The molecule has 0 aromatic rings. The van der Waals surface area contributed by atoms with Crippen molar-refractivity contribution in [2.75, 3.05) is 39.5 Å². The first-order valence-corrected chi connectivity index (χ1v) is 7.54. The predicted molar refractivity (Wildman–Crippen MR) is 70.6 cm³/mol. The molecule has 6 heteroatoms. The monoisotopic (exact) mass is 267 g/mol. The SMILES string of the molecule is CC(C)(C)NCC[N+](C)(C)CCCS(=O)(=O)O. The summed E-state index contributed by atoms with van der Waals surface area (Å²) < 4.78 is 30.6. The second-order valence-corrected chi connectivity index (χ2v) is 7.77. The van der Waals surface area contributed by atoms with Gasteiger partial charge in [0, 0.05) is 18.5 Å². The van der Waals surface area contributed by atoms with E-state index in [0.717, 1.165) is 24.1 Å². The van der Waals surface area contributed by atoms with E-state index >= 15 is 0 Å². The first-order valence-electron chi connectivity index (χ1n) is 5.94. The maximum atomic E-state index is 10.6. The first-order chi connectivity index (χ1) is 7.41. The van der Waals surface area contributed by atoms with Crippen LogP contribution in [0.25, 0.3) is 0 Å². The molecule has 0 aliphatic heterocycles. The maximum absolute atomic E-state index is 10.6. The van der Waals surface area contributed by atoms with Crippen molar-refractivity contribution in [2.24, 2.45) is 0 Å². The van der Waals surface area contributed by atoms with Crippen molar-refractivity contribution in [3.8, 4) is 0 Å². The molecule has 0 unspecified atom stereocenters. The summed E-state index contributed by atoms with van der Waals surface area (Å²) in [7, 11) is 0.312. The number of likely N-dealkylation sites (N-methyl/N-ethyl adjacent to an activating group) is 1. The molecule has 0 saturated carbocycles. The normalized spacial score (nSPS) is 14.0. The standard InChI is InChI=1S/C11H26N2O3S/c1-11(2,3)12-7-9-13(4,5)8-6-10-17(14,15)16/h12H,6-10H2,1-5H3/p+1. The zero-order valence-corrected chi connectivity index (χ0v) is 12.5. The Balaban J connectivity index is 3.88. The Morgan fingerprint density at radius 2 is 1.71 bits per heavy atom. The Kier molecular flexibility index (Phi) is 6.07. The fraction of sp³-hybridized carbons (Fsp3) is 1.00. The van der Waals surface area contributed by atoms with Gasteiger partial charge in [0.25, 0.3) is 10.1 Å². The van der Waals surface area contributed by atoms with Gasteiger partial charge in [0.05, 0.1) is 32.9 Å². The summed E-state index contributed by atoms with van der Waals surface area (Å²) in [5.74, 6) is -0.151. The van der Waals surface area contributed by atoms with Gasteiger partial charge in [-0.05, 0) is 20.8 Å². The highest BCUT2D eigenvalue weighted by Crippen LogP contribution is 2.02. The van der Waals surface area contributed by atoms with Gasteiger partial charge in [-0.1, -0.05) is 0 Å². The number of quaternary nitrogens is 1. The molecular formula is C11H27N2O3S+. The van der Waals surface area contributed by atoms with Crippen molar-refractivity contribution >= 4 is 10.1 Å². The molecule has 5 nitrogen and oxygen atoms in total. The molecule has 17 heavy (non-hydrogen) atoms. The highest BCUT2D eigenvalue weighted by molar-refractivity contribution is 7.85. The van der Waals surface area contributed by atoms with Gasteiger partial charge in [-0.3, -0.25) is 4.55 Å². The summed E-state index contributed by atoms with van der Waals surface area (Å²) >= 11 is 0. The number of nitrogens with zero attached hydrogens (tertiary/aromatic N) is 1. The van der Waals surface area contributed by atoms with E-state index in [1.165, 1.54) is 0 Å². The molecule has 2 N–H and O–H groups in total. The average molecular weight is 267 g/mol. The second-order valence-electron chi connectivity index (χ2n) is 6.20. The van der Waals surface area contributed by atoms with Crippen molar-refractivity contribution in [1.82, 2.24) is 5.32 Å². The molecule has 0 aromatic carbocycles. The van der Waals surface area contributed by atoms with Crippen LogP contribution >= 0.6 is 0 Å². The van der Waals surface area contributed by atoms with Gasteiger partial charge in [-0.2, -0.15) is 8.42 Å². The van der Waals surface area contributed by atoms with Crippen LogP contribution in [0.4, 0.5) is 0 Å². The van der Waals surface area contributed by atoms with Crippen LogP contribution < -0.4 is 5.32 Å². The van der Waals surface area contributed by atoms with E-state index in [1.54, 1.807) is 0 Å². The highest BCUT2D eigenvalue weighted by Gasteiger charge is 2.17. The number of rotatable bonds is 7. The Bertz CT molecular complexity index is 318. The zero-order valence-electron chi connectivity index (χ0n) is 11.7. The lowest BCUT2D eigenvalue weighted by molar-refractivity contribution is -0.889. The largest absolute Gasteiger partial charge is 0.327 e. The summed E-state index contributed by atoms with van der Waals surface area (Å²) in [6, 6.07) is 0. The highest BCUT2D eigenvalue weighted by atomic mass is 32.2. The molecule has 104 valence electrons. The molecule has 0 radical (unpaired) electrons. The Morgan fingerprint density at radius 1 is 1.18 bits per heavy atom. The summed E-state index contributed by atoms with van der Waals surface area (Å²) in [5.41, 5.74) is 0.106. The molecule has 0 saturated heterocycles. The second kappa shape index (κ2) is 6.13. The fourth-order valence-electron chi connectivity index (χ4n) is 1.52. The first kappa shape index (κ1) is 16.8. The molecule has 0 aromatic heterocycles. The van der Waals surface area contributed by atoms with Crippen molar-refractivity contribution < 1.29 is 17.5 Å². The van der Waals surface area contributed by atoms with Gasteiger partial charge in [0.2, 0.25) is 0 Å². The van der Waals surface area contributed by atoms with Crippen LogP contribution in [0.2, 0.25) is 0 Å². The average Bonchev–Trinajstić information content (AvgIpc) is 1.96. The van der Waals surface area contributed by atoms with E-state index in [-0.39, 0.29) is 11.3 Å². The van der Waals surface area contributed by atoms with Crippen molar-refractivity contribution in [2.45, 2.75) is 32.7 Å². The summed E-state index contributed by atoms with van der Waals surface area (Å²) in [5, 5.41) is 3.40. The van der Waals surface area contributed by atoms with Crippen LogP contribution in [0.3, 0.4) is 0 Å². The third-order valence-corrected chi connectivity index (χ3v) is 3.34. The van der Waals surface area contributed by atoms with Gasteiger partial charge in [0.1, 0.15) is 0 Å². The van der Waals surface area contributed by atoms with Gasteiger partial charge in [-0.25, -0.2) is 0 Å². The lowest BCUT2D eigenvalue weighted by atomic mass is 10.1. The third kappa shape index (κ3) is 12.1. The smallest absolute Gasteiger partial charge is 0.265 e. The molecule has 0 spiro atoms. The van der Waals surface area contributed by atoms with Crippen LogP contribution in [0.15, 0.2) is 0 Å². The summed E-state index contributed by atoms with van der Waals surface area (Å²) in [6.45, 7) is 8.92. The van der Waals surface area contributed by atoms with E-state index in [0.29, 0.717) is 6.42 Å². The lowest BCUT2D eigenvalue weighted by Crippen LogP contribution is -2.48. The Labute approximate surface area is 106 Å². The Hall–Kier alpha value is -0.170. The van der Waals surface area contributed by atoms with Gasteiger partial charge < -0.3 is 9.80 Å². The lowest BCUT2D eigenvalue weighted by Gasteiger charge is -2.31. The summed E-state index contributed by atoms with van der Waals surface area (Å²) in [6.07, 6.45) is 0.487. The van der Waals surface area contributed by atoms with E-state index in [4.69, 9.17) is 4.55 Å². The van der Waals surface area contributed by atoms with Crippen LogP contribution in [0.1, 0.15) is 27.2 Å². The topological polar surface area (TPSA) is 66.4 Å². The van der Waals surface area contributed by atoms with Crippen molar-refractivity contribution in [3.63, 3.8) is 0 Å². The Morgan fingerprint density at radius 3 is 2.12 bits per heavy atom. The molecule has 0 bridgehead atoms. The van der Waals surface area contributed by atoms with E-state index < -0.39 is 10.1 Å². The molecular weight excluding hydrogens is 240 g/mol. The van der Waals surface area contributed by atoms with Crippen molar-refractivity contribution in [1.29, 1.82) is 0 Å². The number of hydrogen-bond donors (Lipinski definition) is 2. The van der Waals surface area contributed by atoms with E-state index in [9.17, 15) is 8.42 Å². The number of hydrogen-bond acceptors (Lipinski definition) is 3. The van der Waals surface area contributed by atoms with Crippen LogP contribution in [0.5, 0.6) is 0 Å². The minimum atomic E-state index is -3.82. The van der Waals surface area contributed by atoms with Crippen LogP contribution in [-0.2, 0) is 10.1 Å².